The number of thiazole rings is 1. The zero-order chi connectivity index (χ0) is 16.4. The number of aromatic nitrogens is 1. The van der Waals surface area contributed by atoms with Crippen molar-refractivity contribution in [2.75, 3.05) is 5.32 Å². The van der Waals surface area contributed by atoms with E-state index in [9.17, 15) is 4.79 Å². The van der Waals surface area contributed by atoms with Crippen LogP contribution in [0.25, 0.3) is 10.6 Å². The minimum atomic E-state index is -0.0315. The van der Waals surface area contributed by atoms with E-state index in [1.807, 2.05) is 49.6 Å². The first-order chi connectivity index (χ1) is 11.0. The second-order valence-electron chi connectivity index (χ2n) is 5.19. The van der Waals surface area contributed by atoms with Gasteiger partial charge < -0.3 is 5.32 Å². The fraction of sp³-hybridized carbons (Fsp3) is 0.176. The van der Waals surface area contributed by atoms with Gasteiger partial charge in [0, 0.05) is 9.35 Å². The normalized spacial score (nSPS) is 10.7. The number of amides is 1. The Balaban J connectivity index is 1.78. The van der Waals surface area contributed by atoms with Gasteiger partial charge in [0.1, 0.15) is 0 Å². The number of carbonyl (C=O) groups is 1. The summed E-state index contributed by atoms with van der Waals surface area (Å²) >= 11 is 6.71. The predicted octanol–water partition coefficient (Wildman–Crippen LogP) is 5.43. The highest BCUT2D eigenvalue weighted by molar-refractivity contribution is 9.10. The fourth-order valence-electron chi connectivity index (χ4n) is 2.26. The Kier molecular flexibility index (Phi) is 4.94. The van der Waals surface area contributed by atoms with Crippen molar-refractivity contribution in [2.24, 2.45) is 0 Å². The monoisotopic (exact) mass is 406 g/mol. The molecule has 1 aromatic carbocycles. The molecule has 0 aliphatic carbocycles. The van der Waals surface area contributed by atoms with Gasteiger partial charge in [-0.1, -0.05) is 12.1 Å². The van der Waals surface area contributed by atoms with Crippen LogP contribution in [0.5, 0.6) is 0 Å². The largest absolute Gasteiger partial charge is 0.325 e. The van der Waals surface area contributed by atoms with E-state index in [0.29, 0.717) is 6.42 Å². The number of nitrogens with one attached hydrogen (secondary N) is 1. The highest BCUT2D eigenvalue weighted by atomic mass is 79.9. The van der Waals surface area contributed by atoms with E-state index >= 15 is 0 Å². The number of thiophene rings is 1. The Morgan fingerprint density at radius 1 is 1.30 bits per heavy atom. The van der Waals surface area contributed by atoms with E-state index in [4.69, 9.17) is 0 Å². The number of carbonyl (C=O) groups excluding carboxylic acids is 1. The van der Waals surface area contributed by atoms with Crippen LogP contribution in [0, 0.1) is 13.8 Å². The molecule has 0 radical (unpaired) electrons. The summed E-state index contributed by atoms with van der Waals surface area (Å²) in [7, 11) is 0. The first-order valence-corrected chi connectivity index (χ1v) is 9.58. The van der Waals surface area contributed by atoms with Crippen molar-refractivity contribution in [1.29, 1.82) is 0 Å². The van der Waals surface area contributed by atoms with Gasteiger partial charge in [0.05, 0.1) is 27.7 Å². The molecule has 1 amide bonds. The molecular weight excluding hydrogens is 392 g/mol. The van der Waals surface area contributed by atoms with Gasteiger partial charge in [0.2, 0.25) is 5.91 Å². The van der Waals surface area contributed by atoms with Gasteiger partial charge >= 0.3 is 0 Å². The van der Waals surface area contributed by atoms with Gasteiger partial charge in [-0.05, 0) is 58.9 Å². The Bertz CT molecular complexity index is 840. The second kappa shape index (κ2) is 6.95. The topological polar surface area (TPSA) is 42.0 Å². The highest BCUT2D eigenvalue weighted by Gasteiger charge is 2.16. The molecule has 2 heterocycles. The van der Waals surface area contributed by atoms with Gasteiger partial charge in [-0.3, -0.25) is 4.79 Å². The molecule has 3 nitrogen and oxygen atoms in total. The molecule has 0 aliphatic rings. The molecule has 0 unspecified atom stereocenters. The molecule has 0 spiro atoms. The maximum Gasteiger partial charge on any atom is 0.229 e. The third-order valence-electron chi connectivity index (χ3n) is 3.28. The smallest absolute Gasteiger partial charge is 0.229 e. The lowest BCUT2D eigenvalue weighted by Crippen LogP contribution is -2.14. The average Bonchev–Trinajstić information content (AvgIpc) is 3.11. The fourth-order valence-corrected chi connectivity index (χ4v) is 4.60. The molecule has 0 saturated carbocycles. The Labute approximate surface area is 151 Å². The van der Waals surface area contributed by atoms with Crippen molar-refractivity contribution in [2.45, 2.75) is 20.3 Å². The van der Waals surface area contributed by atoms with Crippen LogP contribution in [0.1, 0.15) is 15.4 Å². The molecule has 3 aromatic rings. The van der Waals surface area contributed by atoms with Crippen molar-refractivity contribution in [3.8, 4) is 10.6 Å². The molecule has 23 heavy (non-hydrogen) atoms. The minimum absolute atomic E-state index is 0.0315. The number of rotatable bonds is 4. The van der Waals surface area contributed by atoms with Crippen LogP contribution in [-0.4, -0.2) is 10.9 Å². The van der Waals surface area contributed by atoms with Gasteiger partial charge in [-0.25, -0.2) is 4.98 Å². The summed E-state index contributed by atoms with van der Waals surface area (Å²) in [6, 6.07) is 9.92. The van der Waals surface area contributed by atoms with E-state index in [2.05, 4.69) is 26.2 Å². The van der Waals surface area contributed by atoms with Gasteiger partial charge in [-0.2, -0.15) is 0 Å². The van der Waals surface area contributed by atoms with Crippen LogP contribution >= 0.6 is 38.6 Å². The summed E-state index contributed by atoms with van der Waals surface area (Å²) in [5.41, 5.74) is 2.87. The summed E-state index contributed by atoms with van der Waals surface area (Å²) in [5, 5.41) is 5.97. The molecular formula is C17H15BrN2OS2. The number of anilines is 1. The van der Waals surface area contributed by atoms with E-state index in [1.165, 1.54) is 0 Å². The van der Waals surface area contributed by atoms with E-state index in [1.54, 1.807) is 22.7 Å². The van der Waals surface area contributed by atoms with Crippen LogP contribution in [0.3, 0.4) is 0 Å². The zero-order valence-electron chi connectivity index (χ0n) is 12.7. The lowest BCUT2D eigenvalue weighted by atomic mass is 10.2. The summed E-state index contributed by atoms with van der Waals surface area (Å²) in [5.74, 6) is -0.0315. The van der Waals surface area contributed by atoms with Gasteiger partial charge in [0.15, 0.2) is 0 Å². The lowest BCUT2D eigenvalue weighted by Gasteiger charge is -2.08. The Morgan fingerprint density at radius 3 is 2.83 bits per heavy atom. The van der Waals surface area contributed by atoms with Crippen LogP contribution in [0.2, 0.25) is 0 Å². The second-order valence-corrected chi connectivity index (χ2v) is 8.28. The Hall–Kier alpha value is -1.50. The number of aryl methyl sites for hydroxylation is 2. The molecule has 6 heteroatoms. The maximum atomic E-state index is 12.4. The molecule has 2 aromatic heterocycles. The van der Waals surface area contributed by atoms with Crippen molar-refractivity contribution in [3.05, 3.63) is 55.6 Å². The minimum Gasteiger partial charge on any atom is -0.325 e. The number of benzene rings is 1. The van der Waals surface area contributed by atoms with Crippen molar-refractivity contribution < 1.29 is 4.79 Å². The van der Waals surface area contributed by atoms with Gasteiger partial charge in [-0.15, -0.1) is 22.7 Å². The standard InChI is InChI=1S/C17H15BrN2OS2/c1-10-5-6-13(12(18)8-10)20-16(21)9-15-17(19-11(2)23-15)14-4-3-7-22-14/h3-8H,9H2,1-2H3,(H,20,21). The van der Waals surface area contributed by atoms with Crippen LogP contribution < -0.4 is 5.32 Å². The SMILES string of the molecule is Cc1ccc(NC(=O)Cc2sc(C)nc2-c2cccs2)c(Br)c1. The zero-order valence-corrected chi connectivity index (χ0v) is 15.9. The first-order valence-electron chi connectivity index (χ1n) is 7.09. The quantitative estimate of drug-likeness (QED) is 0.627. The maximum absolute atomic E-state index is 12.4. The number of halogens is 1. The summed E-state index contributed by atoms with van der Waals surface area (Å²) in [6.45, 7) is 3.99. The van der Waals surface area contributed by atoms with Gasteiger partial charge in [0.25, 0.3) is 0 Å². The first kappa shape index (κ1) is 16.4. The Morgan fingerprint density at radius 2 is 2.13 bits per heavy atom. The van der Waals surface area contributed by atoms with Crippen LogP contribution in [0.15, 0.2) is 40.2 Å². The third-order valence-corrected chi connectivity index (χ3v) is 5.78. The number of hydrogen-bond donors (Lipinski definition) is 1. The van der Waals surface area contributed by atoms with Crippen molar-refractivity contribution in [1.82, 2.24) is 4.98 Å². The summed E-state index contributed by atoms with van der Waals surface area (Å²) in [6.07, 6.45) is 0.332. The summed E-state index contributed by atoms with van der Waals surface area (Å²) in [4.78, 5) is 19.1. The third kappa shape index (κ3) is 3.88. The number of nitrogens with zero attached hydrogens (tertiary/aromatic N) is 1. The summed E-state index contributed by atoms with van der Waals surface area (Å²) < 4.78 is 0.893. The predicted molar refractivity (Wildman–Crippen MR) is 101 cm³/mol. The molecule has 0 fully saturated rings. The molecule has 0 atom stereocenters. The van der Waals surface area contributed by atoms with E-state index < -0.39 is 0 Å². The van der Waals surface area contributed by atoms with E-state index in [-0.39, 0.29) is 5.91 Å². The molecule has 118 valence electrons. The molecule has 0 saturated heterocycles. The van der Waals surface area contributed by atoms with Crippen molar-refractivity contribution >= 4 is 50.2 Å². The van der Waals surface area contributed by atoms with Crippen LogP contribution in [-0.2, 0) is 11.2 Å². The molecule has 3 rings (SSSR count). The molecule has 0 aliphatic heterocycles. The van der Waals surface area contributed by atoms with Crippen LogP contribution in [0.4, 0.5) is 5.69 Å². The van der Waals surface area contributed by atoms with E-state index in [0.717, 1.165) is 36.2 Å². The highest BCUT2D eigenvalue weighted by Crippen LogP contribution is 2.32. The molecule has 1 N–H and O–H groups in total. The van der Waals surface area contributed by atoms with Crippen molar-refractivity contribution in [3.63, 3.8) is 0 Å². The lowest BCUT2D eigenvalue weighted by molar-refractivity contribution is -0.115. The average molecular weight is 407 g/mol. The molecule has 0 bridgehead atoms. The number of hydrogen-bond acceptors (Lipinski definition) is 4.